The van der Waals surface area contributed by atoms with Crippen molar-refractivity contribution in [1.82, 2.24) is 0 Å². The highest BCUT2D eigenvalue weighted by Gasteiger charge is 2.27. The Kier molecular flexibility index (Phi) is 3.76. The summed E-state index contributed by atoms with van der Waals surface area (Å²) < 4.78 is 6.26. The highest BCUT2D eigenvalue weighted by Crippen LogP contribution is 2.27. The van der Waals surface area contributed by atoms with Crippen molar-refractivity contribution in [3.05, 3.63) is 38.3 Å². The molecule has 1 fully saturated rings. The van der Waals surface area contributed by atoms with E-state index < -0.39 is 4.92 Å². The maximum Gasteiger partial charge on any atom is 0.276 e. The van der Waals surface area contributed by atoms with Crippen LogP contribution in [0.5, 0.6) is 0 Å². The van der Waals surface area contributed by atoms with Crippen molar-refractivity contribution < 1.29 is 9.66 Å². The molecule has 2 rings (SSSR count). The van der Waals surface area contributed by atoms with Crippen molar-refractivity contribution >= 4 is 21.6 Å². The molecule has 0 spiro atoms. The minimum absolute atomic E-state index is 0.0861. The van der Waals surface area contributed by atoms with Crippen LogP contribution in [0.3, 0.4) is 0 Å². The summed E-state index contributed by atoms with van der Waals surface area (Å²) in [5, 5.41) is 10.9. The Labute approximate surface area is 107 Å². The largest absolute Gasteiger partial charge is 0.373 e. The fourth-order valence-electron chi connectivity index (χ4n) is 1.78. The van der Waals surface area contributed by atoms with E-state index in [1.165, 1.54) is 6.07 Å². The minimum atomic E-state index is -0.393. The van der Waals surface area contributed by atoms with Gasteiger partial charge >= 0.3 is 0 Å². The van der Waals surface area contributed by atoms with E-state index in [0.29, 0.717) is 10.0 Å². The van der Waals surface area contributed by atoms with E-state index in [2.05, 4.69) is 15.9 Å². The van der Waals surface area contributed by atoms with Crippen molar-refractivity contribution in [1.29, 1.82) is 0 Å². The Morgan fingerprint density at radius 2 is 2.24 bits per heavy atom. The predicted molar refractivity (Wildman–Crippen MR) is 66.6 cm³/mol. The zero-order valence-electron chi connectivity index (χ0n) is 9.14. The molecule has 6 heteroatoms. The SMILES string of the molecule is NC1CC(OCc2ccc(Br)cc2[N+](=O)[O-])C1. The van der Waals surface area contributed by atoms with Gasteiger partial charge in [-0.25, -0.2) is 0 Å². The molecule has 1 aliphatic carbocycles. The van der Waals surface area contributed by atoms with Crippen molar-refractivity contribution in [3.8, 4) is 0 Å². The second-order valence-electron chi connectivity index (χ2n) is 4.19. The van der Waals surface area contributed by atoms with Crippen molar-refractivity contribution in [3.63, 3.8) is 0 Å². The summed E-state index contributed by atoms with van der Waals surface area (Å²) in [6.07, 6.45) is 1.82. The molecule has 0 amide bonds. The average molecular weight is 301 g/mol. The van der Waals surface area contributed by atoms with Gasteiger partial charge in [-0.2, -0.15) is 0 Å². The summed E-state index contributed by atoms with van der Waals surface area (Å²) in [5.74, 6) is 0. The van der Waals surface area contributed by atoms with Gasteiger partial charge in [0.15, 0.2) is 0 Å². The summed E-state index contributed by atoms with van der Waals surface area (Å²) >= 11 is 3.22. The lowest BCUT2D eigenvalue weighted by Gasteiger charge is -2.32. The quantitative estimate of drug-likeness (QED) is 0.684. The van der Waals surface area contributed by atoms with Gasteiger partial charge in [0.05, 0.1) is 23.2 Å². The number of rotatable bonds is 4. The van der Waals surface area contributed by atoms with Crippen molar-refractivity contribution in [2.24, 2.45) is 5.73 Å². The summed E-state index contributed by atoms with van der Waals surface area (Å²) in [4.78, 5) is 10.5. The number of nitrogens with two attached hydrogens (primary N) is 1. The standard InChI is InChI=1S/C11H13BrN2O3/c12-8-2-1-7(11(3-8)14(15)16)6-17-10-4-9(13)5-10/h1-3,9-10H,4-6,13H2. The molecule has 0 aliphatic heterocycles. The first-order valence-electron chi connectivity index (χ1n) is 5.36. The number of benzene rings is 1. The molecule has 2 N–H and O–H groups in total. The first kappa shape index (κ1) is 12.5. The summed E-state index contributed by atoms with van der Waals surface area (Å²) in [6.45, 7) is 0.265. The van der Waals surface area contributed by atoms with E-state index in [4.69, 9.17) is 10.5 Å². The molecule has 17 heavy (non-hydrogen) atoms. The minimum Gasteiger partial charge on any atom is -0.373 e. The number of ether oxygens (including phenoxy) is 1. The molecule has 0 aromatic heterocycles. The second kappa shape index (κ2) is 5.12. The van der Waals surface area contributed by atoms with E-state index in [1.54, 1.807) is 12.1 Å². The molecular weight excluding hydrogens is 288 g/mol. The van der Waals surface area contributed by atoms with Gasteiger partial charge in [0.2, 0.25) is 0 Å². The fraction of sp³-hybridized carbons (Fsp3) is 0.455. The molecule has 1 saturated carbocycles. The second-order valence-corrected chi connectivity index (χ2v) is 5.11. The van der Waals surface area contributed by atoms with Crippen LogP contribution in [0.4, 0.5) is 5.69 Å². The van der Waals surface area contributed by atoms with Crippen LogP contribution in [-0.4, -0.2) is 17.1 Å². The van der Waals surface area contributed by atoms with Crippen LogP contribution in [0.2, 0.25) is 0 Å². The lowest BCUT2D eigenvalue weighted by Crippen LogP contribution is -2.41. The van der Waals surface area contributed by atoms with Gasteiger partial charge in [0.1, 0.15) is 0 Å². The Balaban J connectivity index is 2.02. The lowest BCUT2D eigenvalue weighted by molar-refractivity contribution is -0.386. The monoisotopic (exact) mass is 300 g/mol. The Morgan fingerprint density at radius 1 is 1.53 bits per heavy atom. The first-order chi connectivity index (χ1) is 8.06. The Morgan fingerprint density at radius 3 is 2.82 bits per heavy atom. The molecule has 1 aliphatic rings. The summed E-state index contributed by atoms with van der Waals surface area (Å²) in [7, 11) is 0. The number of nitro groups is 1. The van der Waals surface area contributed by atoms with Gasteiger partial charge < -0.3 is 10.5 Å². The third-order valence-electron chi connectivity index (χ3n) is 2.85. The normalized spacial score (nSPS) is 23.2. The van der Waals surface area contributed by atoms with Crippen LogP contribution in [0.25, 0.3) is 0 Å². The van der Waals surface area contributed by atoms with Crippen molar-refractivity contribution in [2.75, 3.05) is 0 Å². The van der Waals surface area contributed by atoms with Crippen LogP contribution in [0.15, 0.2) is 22.7 Å². The van der Waals surface area contributed by atoms with Crippen molar-refractivity contribution in [2.45, 2.75) is 31.6 Å². The third-order valence-corrected chi connectivity index (χ3v) is 3.34. The predicted octanol–water partition coefficient (Wildman–Crippen LogP) is 2.36. The van der Waals surface area contributed by atoms with Crippen LogP contribution < -0.4 is 5.73 Å². The van der Waals surface area contributed by atoms with E-state index >= 15 is 0 Å². The molecule has 0 atom stereocenters. The van der Waals surface area contributed by atoms with Crippen LogP contribution in [-0.2, 0) is 11.3 Å². The first-order valence-corrected chi connectivity index (χ1v) is 6.15. The van der Waals surface area contributed by atoms with E-state index in [0.717, 1.165) is 12.8 Å². The van der Waals surface area contributed by atoms with Gasteiger partial charge in [-0.1, -0.05) is 15.9 Å². The molecule has 0 radical (unpaired) electrons. The fourth-order valence-corrected chi connectivity index (χ4v) is 2.13. The topological polar surface area (TPSA) is 78.4 Å². The smallest absolute Gasteiger partial charge is 0.276 e. The van der Waals surface area contributed by atoms with Gasteiger partial charge in [-0.3, -0.25) is 10.1 Å². The van der Waals surface area contributed by atoms with Gasteiger partial charge in [0, 0.05) is 16.6 Å². The Bertz CT molecular complexity index is 433. The maximum atomic E-state index is 10.9. The summed E-state index contributed by atoms with van der Waals surface area (Å²) in [6, 6.07) is 5.20. The highest BCUT2D eigenvalue weighted by atomic mass is 79.9. The number of hydrogen-bond acceptors (Lipinski definition) is 4. The number of hydrogen-bond donors (Lipinski definition) is 1. The van der Waals surface area contributed by atoms with Gasteiger partial charge in [-0.05, 0) is 25.0 Å². The van der Waals surface area contributed by atoms with E-state index in [1.807, 2.05) is 0 Å². The molecule has 1 aromatic rings. The average Bonchev–Trinajstić information content (AvgIpc) is 2.24. The number of nitrogens with zero attached hydrogens (tertiary/aromatic N) is 1. The summed E-state index contributed by atoms with van der Waals surface area (Å²) in [5.41, 5.74) is 6.32. The Hall–Kier alpha value is -0.980. The van der Waals surface area contributed by atoms with Crippen LogP contribution >= 0.6 is 15.9 Å². The maximum absolute atomic E-state index is 10.9. The number of nitro benzene ring substituents is 1. The van der Waals surface area contributed by atoms with Gasteiger partial charge in [-0.15, -0.1) is 0 Å². The molecule has 0 heterocycles. The number of halogens is 1. The van der Waals surface area contributed by atoms with Crippen LogP contribution in [0.1, 0.15) is 18.4 Å². The molecule has 5 nitrogen and oxygen atoms in total. The van der Waals surface area contributed by atoms with E-state index in [9.17, 15) is 10.1 Å². The molecular formula is C11H13BrN2O3. The van der Waals surface area contributed by atoms with Gasteiger partial charge in [0.25, 0.3) is 5.69 Å². The molecule has 1 aromatic carbocycles. The zero-order chi connectivity index (χ0) is 12.4. The lowest BCUT2D eigenvalue weighted by atomic mass is 9.90. The van der Waals surface area contributed by atoms with Crippen LogP contribution in [0, 0.1) is 10.1 Å². The van der Waals surface area contributed by atoms with E-state index in [-0.39, 0.29) is 24.4 Å². The third kappa shape index (κ3) is 3.02. The molecule has 0 unspecified atom stereocenters. The zero-order valence-corrected chi connectivity index (χ0v) is 10.7. The molecule has 0 saturated heterocycles. The molecule has 92 valence electrons. The molecule has 0 bridgehead atoms. The highest BCUT2D eigenvalue weighted by molar-refractivity contribution is 9.10.